The lowest BCUT2D eigenvalue weighted by atomic mass is 10.3. The number of nitrogens with one attached hydrogen (secondary N) is 1. The number of hydrogen-bond donors (Lipinski definition) is 1. The first-order valence-electron chi connectivity index (χ1n) is 5.08. The third-order valence-electron chi connectivity index (χ3n) is 2.14. The zero-order chi connectivity index (χ0) is 12.3. The number of carbonyl (C=O) groups is 2. The standard InChI is InChI=1S/C12H11NO2S2/c1-8(14)13-7-9-4-5-11(17-9)12(15)10-3-2-6-16-10/h2-6H,7H2,1H3,(H,13,14). The average Bonchev–Trinajstić information content (AvgIpc) is 2.97. The van der Waals surface area contributed by atoms with Crippen LogP contribution in [0, 0.1) is 0 Å². The molecule has 2 heterocycles. The second-order valence-corrected chi connectivity index (χ2v) is 5.60. The lowest BCUT2D eigenvalue weighted by Gasteiger charge is -1.97. The lowest BCUT2D eigenvalue weighted by Crippen LogP contribution is -2.18. The number of rotatable bonds is 4. The molecule has 2 aromatic rings. The molecule has 88 valence electrons. The highest BCUT2D eigenvalue weighted by Gasteiger charge is 2.12. The van der Waals surface area contributed by atoms with Gasteiger partial charge in [0.15, 0.2) is 0 Å². The fraction of sp³-hybridized carbons (Fsp3) is 0.167. The van der Waals surface area contributed by atoms with Gasteiger partial charge in [-0.1, -0.05) is 6.07 Å². The molecule has 0 saturated heterocycles. The Labute approximate surface area is 107 Å². The molecule has 1 N–H and O–H groups in total. The summed E-state index contributed by atoms with van der Waals surface area (Å²) in [6.07, 6.45) is 0. The van der Waals surface area contributed by atoms with Crippen molar-refractivity contribution < 1.29 is 9.59 Å². The van der Waals surface area contributed by atoms with Crippen LogP contribution in [-0.2, 0) is 11.3 Å². The summed E-state index contributed by atoms with van der Waals surface area (Å²) in [7, 11) is 0. The maximum absolute atomic E-state index is 12.0. The van der Waals surface area contributed by atoms with Crippen LogP contribution < -0.4 is 5.32 Å². The Balaban J connectivity index is 2.08. The summed E-state index contributed by atoms with van der Waals surface area (Å²) in [6.45, 7) is 1.96. The summed E-state index contributed by atoms with van der Waals surface area (Å²) in [5.74, 6) is -0.0105. The van der Waals surface area contributed by atoms with Crippen molar-refractivity contribution in [2.45, 2.75) is 13.5 Å². The molecular formula is C12H11NO2S2. The molecule has 0 aromatic carbocycles. The molecule has 0 radical (unpaired) electrons. The second-order valence-electron chi connectivity index (χ2n) is 3.48. The van der Waals surface area contributed by atoms with Gasteiger partial charge in [0.05, 0.1) is 16.3 Å². The van der Waals surface area contributed by atoms with Crippen LogP contribution in [0.15, 0.2) is 29.6 Å². The van der Waals surface area contributed by atoms with E-state index in [9.17, 15) is 9.59 Å². The molecule has 0 spiro atoms. The van der Waals surface area contributed by atoms with Gasteiger partial charge in [-0.2, -0.15) is 0 Å². The molecule has 0 bridgehead atoms. The van der Waals surface area contributed by atoms with Crippen LogP contribution in [0.3, 0.4) is 0 Å². The first-order valence-corrected chi connectivity index (χ1v) is 6.78. The molecule has 3 nitrogen and oxygen atoms in total. The Morgan fingerprint density at radius 3 is 2.71 bits per heavy atom. The fourth-order valence-corrected chi connectivity index (χ4v) is 2.98. The zero-order valence-electron chi connectivity index (χ0n) is 9.23. The summed E-state index contributed by atoms with van der Waals surface area (Å²) in [5, 5.41) is 4.60. The predicted octanol–water partition coefficient (Wildman–Crippen LogP) is 2.68. The van der Waals surface area contributed by atoms with Gasteiger partial charge < -0.3 is 5.32 Å². The van der Waals surface area contributed by atoms with E-state index in [1.54, 1.807) is 0 Å². The molecular weight excluding hydrogens is 254 g/mol. The van der Waals surface area contributed by atoms with Crippen molar-refractivity contribution >= 4 is 34.4 Å². The van der Waals surface area contributed by atoms with Crippen molar-refractivity contribution in [1.82, 2.24) is 5.32 Å². The predicted molar refractivity (Wildman–Crippen MR) is 69.6 cm³/mol. The van der Waals surface area contributed by atoms with Crippen molar-refractivity contribution in [3.05, 3.63) is 44.3 Å². The highest BCUT2D eigenvalue weighted by Crippen LogP contribution is 2.22. The molecule has 0 aliphatic rings. The van der Waals surface area contributed by atoms with Crippen LogP contribution in [0.1, 0.15) is 26.3 Å². The normalized spacial score (nSPS) is 10.2. The monoisotopic (exact) mass is 265 g/mol. The van der Waals surface area contributed by atoms with Crippen molar-refractivity contribution in [3.8, 4) is 0 Å². The van der Waals surface area contributed by atoms with Crippen LogP contribution >= 0.6 is 22.7 Å². The number of thiophene rings is 2. The van der Waals surface area contributed by atoms with E-state index in [0.29, 0.717) is 11.4 Å². The third-order valence-corrected chi connectivity index (χ3v) is 4.09. The molecule has 0 aliphatic heterocycles. The van der Waals surface area contributed by atoms with E-state index < -0.39 is 0 Å². The Kier molecular flexibility index (Phi) is 3.71. The van der Waals surface area contributed by atoms with Crippen LogP contribution in [0.4, 0.5) is 0 Å². The van der Waals surface area contributed by atoms with Crippen molar-refractivity contribution in [2.24, 2.45) is 0 Å². The van der Waals surface area contributed by atoms with Crippen molar-refractivity contribution in [2.75, 3.05) is 0 Å². The molecule has 0 aliphatic carbocycles. The van der Waals surface area contributed by atoms with E-state index in [-0.39, 0.29) is 11.7 Å². The first-order chi connectivity index (χ1) is 8.16. The average molecular weight is 265 g/mol. The van der Waals surface area contributed by atoms with Gasteiger partial charge in [-0.15, -0.1) is 22.7 Å². The lowest BCUT2D eigenvalue weighted by molar-refractivity contribution is -0.119. The van der Waals surface area contributed by atoms with Crippen LogP contribution in [0.25, 0.3) is 0 Å². The molecule has 0 fully saturated rings. The molecule has 2 aromatic heterocycles. The SMILES string of the molecule is CC(=O)NCc1ccc(C(=O)c2cccs2)s1. The Morgan fingerprint density at radius 1 is 1.24 bits per heavy atom. The third kappa shape index (κ3) is 3.01. The van der Waals surface area contributed by atoms with Gasteiger partial charge in [0.2, 0.25) is 11.7 Å². The van der Waals surface area contributed by atoms with E-state index in [4.69, 9.17) is 0 Å². The van der Waals surface area contributed by atoms with E-state index in [1.165, 1.54) is 29.6 Å². The Bertz CT molecular complexity index is 528. The number of hydrogen-bond acceptors (Lipinski definition) is 4. The van der Waals surface area contributed by atoms with Crippen LogP contribution in [-0.4, -0.2) is 11.7 Å². The maximum Gasteiger partial charge on any atom is 0.217 e. The van der Waals surface area contributed by atoms with Gasteiger partial charge in [-0.25, -0.2) is 0 Å². The molecule has 17 heavy (non-hydrogen) atoms. The minimum Gasteiger partial charge on any atom is -0.351 e. The van der Waals surface area contributed by atoms with Gasteiger partial charge in [-0.3, -0.25) is 9.59 Å². The number of amides is 1. The quantitative estimate of drug-likeness (QED) is 0.864. The van der Waals surface area contributed by atoms with Crippen LogP contribution in [0.5, 0.6) is 0 Å². The molecule has 0 saturated carbocycles. The van der Waals surface area contributed by atoms with Gasteiger partial charge in [0.1, 0.15) is 0 Å². The van der Waals surface area contributed by atoms with Gasteiger partial charge in [0, 0.05) is 11.8 Å². The zero-order valence-corrected chi connectivity index (χ0v) is 10.9. The highest BCUT2D eigenvalue weighted by atomic mass is 32.1. The van der Waals surface area contributed by atoms with E-state index in [1.807, 2.05) is 29.6 Å². The number of ketones is 1. The molecule has 0 atom stereocenters. The topological polar surface area (TPSA) is 46.2 Å². The second kappa shape index (κ2) is 5.25. The Morgan fingerprint density at radius 2 is 2.06 bits per heavy atom. The fourth-order valence-electron chi connectivity index (χ4n) is 1.34. The first kappa shape index (κ1) is 12.0. The summed E-state index contributed by atoms with van der Waals surface area (Å²) in [5.41, 5.74) is 0. The molecule has 0 unspecified atom stereocenters. The van der Waals surface area contributed by atoms with E-state index in [2.05, 4.69) is 5.32 Å². The van der Waals surface area contributed by atoms with Gasteiger partial charge in [-0.05, 0) is 23.6 Å². The van der Waals surface area contributed by atoms with Gasteiger partial charge >= 0.3 is 0 Å². The highest BCUT2D eigenvalue weighted by molar-refractivity contribution is 7.16. The maximum atomic E-state index is 12.0. The molecule has 2 rings (SSSR count). The minimum atomic E-state index is -0.0652. The molecule has 1 amide bonds. The summed E-state index contributed by atoms with van der Waals surface area (Å²) >= 11 is 2.86. The van der Waals surface area contributed by atoms with E-state index >= 15 is 0 Å². The number of carbonyl (C=O) groups excluding carboxylic acids is 2. The van der Waals surface area contributed by atoms with Crippen molar-refractivity contribution in [1.29, 1.82) is 0 Å². The Hall–Kier alpha value is -1.46. The largest absolute Gasteiger partial charge is 0.351 e. The smallest absolute Gasteiger partial charge is 0.217 e. The van der Waals surface area contributed by atoms with Gasteiger partial charge in [0.25, 0.3) is 0 Å². The van der Waals surface area contributed by atoms with Crippen LogP contribution in [0.2, 0.25) is 0 Å². The summed E-state index contributed by atoms with van der Waals surface area (Å²) in [6, 6.07) is 7.37. The minimum absolute atomic E-state index is 0.0547. The van der Waals surface area contributed by atoms with Crippen molar-refractivity contribution in [3.63, 3.8) is 0 Å². The summed E-state index contributed by atoms with van der Waals surface area (Å²) in [4.78, 5) is 25.2. The van der Waals surface area contributed by atoms with E-state index in [0.717, 1.165) is 9.75 Å². The summed E-state index contributed by atoms with van der Waals surface area (Å²) < 4.78 is 0. The molecule has 5 heteroatoms.